The van der Waals surface area contributed by atoms with E-state index in [2.05, 4.69) is 4.98 Å². The third-order valence-corrected chi connectivity index (χ3v) is 0.927. The number of nitrogens with zero attached hydrogens (tertiary/aromatic N) is 2. The van der Waals surface area contributed by atoms with Crippen LogP contribution >= 0.6 is 0 Å². The van der Waals surface area contributed by atoms with E-state index in [1.165, 1.54) is 18.5 Å². The fourth-order valence-corrected chi connectivity index (χ4v) is 0.499. The lowest BCUT2D eigenvalue weighted by molar-refractivity contribution is -0.620. The van der Waals surface area contributed by atoms with Gasteiger partial charge in [0.1, 0.15) is 12.8 Å². The van der Waals surface area contributed by atoms with E-state index < -0.39 is 0 Å². The van der Waals surface area contributed by atoms with E-state index in [0.717, 1.165) is 0 Å². The molecule has 0 aromatic carbocycles. The zero-order valence-corrected chi connectivity index (χ0v) is 4.69. The first-order valence-corrected chi connectivity index (χ1v) is 2.48. The first kappa shape index (κ1) is 5.97. The third-order valence-electron chi connectivity index (χ3n) is 0.927. The standard InChI is InChI=1S/C5H6N2O2/c8-4-5-6-2-1-3-7(5)9/h1-3,8H,4H2. The maximum absolute atomic E-state index is 10.5. The highest BCUT2D eigenvalue weighted by atomic mass is 16.5. The number of rotatable bonds is 1. The van der Waals surface area contributed by atoms with E-state index >= 15 is 0 Å². The first-order chi connectivity index (χ1) is 4.34. The van der Waals surface area contributed by atoms with Gasteiger partial charge in [0, 0.05) is 6.07 Å². The Morgan fingerprint density at radius 2 is 2.56 bits per heavy atom. The van der Waals surface area contributed by atoms with Crippen LogP contribution in [0.15, 0.2) is 18.5 Å². The largest absolute Gasteiger partial charge is 0.711 e. The van der Waals surface area contributed by atoms with Gasteiger partial charge in [0.25, 0.3) is 0 Å². The summed E-state index contributed by atoms with van der Waals surface area (Å²) in [5.41, 5.74) is 0. The molecule has 0 aliphatic heterocycles. The van der Waals surface area contributed by atoms with Crippen LogP contribution < -0.4 is 4.73 Å². The van der Waals surface area contributed by atoms with Gasteiger partial charge in [0.2, 0.25) is 0 Å². The Morgan fingerprint density at radius 3 is 3.00 bits per heavy atom. The fourth-order valence-electron chi connectivity index (χ4n) is 0.499. The molecule has 0 atom stereocenters. The van der Waals surface area contributed by atoms with Gasteiger partial charge in [-0.1, -0.05) is 4.98 Å². The van der Waals surface area contributed by atoms with Crippen molar-refractivity contribution in [3.05, 3.63) is 29.5 Å². The molecule has 4 nitrogen and oxygen atoms in total. The fraction of sp³-hybridized carbons (Fsp3) is 0.200. The van der Waals surface area contributed by atoms with Crippen molar-refractivity contribution < 1.29 is 9.84 Å². The second-order valence-corrected chi connectivity index (χ2v) is 1.52. The molecule has 0 spiro atoms. The maximum Gasteiger partial charge on any atom is 0.326 e. The summed E-state index contributed by atoms with van der Waals surface area (Å²) in [7, 11) is 0. The van der Waals surface area contributed by atoms with E-state index in [9.17, 15) is 5.21 Å². The number of hydrogen-bond donors (Lipinski definition) is 1. The number of aromatic nitrogens is 2. The summed E-state index contributed by atoms with van der Waals surface area (Å²) < 4.78 is 0.528. The molecule has 0 amide bonds. The molecule has 0 aliphatic carbocycles. The van der Waals surface area contributed by atoms with E-state index in [1.54, 1.807) is 0 Å². The topological polar surface area (TPSA) is 60.1 Å². The Hall–Kier alpha value is -1.16. The molecule has 9 heavy (non-hydrogen) atoms. The van der Waals surface area contributed by atoms with Gasteiger partial charge in [-0.15, -0.1) is 0 Å². The first-order valence-electron chi connectivity index (χ1n) is 2.48. The van der Waals surface area contributed by atoms with Gasteiger partial charge >= 0.3 is 5.82 Å². The Bertz CT molecular complexity index is 202. The van der Waals surface area contributed by atoms with Crippen LogP contribution in [0.25, 0.3) is 0 Å². The summed E-state index contributed by atoms with van der Waals surface area (Å²) in [6.45, 7) is -0.315. The summed E-state index contributed by atoms with van der Waals surface area (Å²) in [5, 5.41) is 19.0. The quantitative estimate of drug-likeness (QED) is 0.396. The van der Waals surface area contributed by atoms with E-state index in [-0.39, 0.29) is 12.4 Å². The molecule has 4 heteroatoms. The molecule has 0 saturated heterocycles. The lowest BCUT2D eigenvalue weighted by Gasteiger charge is -2.00. The highest BCUT2D eigenvalue weighted by molar-refractivity contribution is 4.77. The summed E-state index contributed by atoms with van der Waals surface area (Å²) in [6.07, 6.45) is 2.75. The minimum absolute atomic E-state index is 0.123. The van der Waals surface area contributed by atoms with Gasteiger partial charge in [0.05, 0.1) is 6.20 Å². The third kappa shape index (κ3) is 1.14. The van der Waals surface area contributed by atoms with E-state index in [1.807, 2.05) is 0 Å². The number of aliphatic hydroxyl groups is 1. The minimum Gasteiger partial charge on any atom is -0.711 e. The maximum atomic E-state index is 10.5. The lowest BCUT2D eigenvalue weighted by atomic mass is 10.6. The van der Waals surface area contributed by atoms with Crippen LogP contribution in [0.4, 0.5) is 0 Å². The molecule has 0 saturated carbocycles. The number of hydrogen-bond acceptors (Lipinski definition) is 3. The van der Waals surface area contributed by atoms with Crippen LogP contribution in [0.1, 0.15) is 5.82 Å². The Morgan fingerprint density at radius 1 is 1.78 bits per heavy atom. The van der Waals surface area contributed by atoms with E-state index in [4.69, 9.17) is 5.11 Å². The predicted molar refractivity (Wildman–Crippen MR) is 29.1 cm³/mol. The zero-order chi connectivity index (χ0) is 6.69. The van der Waals surface area contributed by atoms with E-state index in [0.29, 0.717) is 4.73 Å². The smallest absolute Gasteiger partial charge is 0.326 e. The molecule has 0 unspecified atom stereocenters. The molecule has 1 aromatic rings. The van der Waals surface area contributed by atoms with Gasteiger partial charge < -0.3 is 10.3 Å². The SMILES string of the molecule is [O-][n+]1cccnc1CO. The zero-order valence-electron chi connectivity index (χ0n) is 4.69. The van der Waals surface area contributed by atoms with Crippen molar-refractivity contribution in [1.29, 1.82) is 0 Å². The molecule has 0 aliphatic rings. The molecule has 1 heterocycles. The van der Waals surface area contributed by atoms with Crippen LogP contribution in [0.3, 0.4) is 0 Å². The van der Waals surface area contributed by atoms with Crippen LogP contribution in [0.2, 0.25) is 0 Å². The van der Waals surface area contributed by atoms with Crippen molar-refractivity contribution in [3.8, 4) is 0 Å². The number of aliphatic hydroxyl groups excluding tert-OH is 1. The second-order valence-electron chi connectivity index (χ2n) is 1.52. The highest BCUT2D eigenvalue weighted by Crippen LogP contribution is 1.80. The molecule has 0 bridgehead atoms. The molecule has 1 rings (SSSR count). The van der Waals surface area contributed by atoms with Gasteiger partial charge in [-0.2, -0.15) is 0 Å². The molecular formula is C5H6N2O2. The molecule has 1 N–H and O–H groups in total. The summed E-state index contributed by atoms with van der Waals surface area (Å²) in [4.78, 5) is 3.60. The Balaban J connectivity index is 3.01. The Labute approximate surface area is 52.0 Å². The highest BCUT2D eigenvalue weighted by Gasteiger charge is 2.00. The monoisotopic (exact) mass is 126 g/mol. The summed E-state index contributed by atoms with van der Waals surface area (Å²) in [5.74, 6) is 0.123. The van der Waals surface area contributed by atoms with Crippen molar-refractivity contribution in [3.63, 3.8) is 0 Å². The minimum atomic E-state index is -0.315. The van der Waals surface area contributed by atoms with Gasteiger partial charge in [-0.05, 0) is 0 Å². The average Bonchev–Trinajstić information content (AvgIpc) is 1.89. The van der Waals surface area contributed by atoms with Crippen molar-refractivity contribution in [2.75, 3.05) is 0 Å². The van der Waals surface area contributed by atoms with Crippen LogP contribution in [0, 0.1) is 5.21 Å². The van der Waals surface area contributed by atoms with Gasteiger partial charge in [0.15, 0.2) is 0 Å². The lowest BCUT2D eigenvalue weighted by Crippen LogP contribution is -2.32. The summed E-state index contributed by atoms with van der Waals surface area (Å²) in [6, 6.07) is 1.51. The molecule has 0 radical (unpaired) electrons. The molecule has 0 fully saturated rings. The molecular weight excluding hydrogens is 120 g/mol. The van der Waals surface area contributed by atoms with Gasteiger partial charge in [-0.25, -0.2) is 4.73 Å². The molecule has 48 valence electrons. The summed E-state index contributed by atoms with van der Waals surface area (Å²) >= 11 is 0. The van der Waals surface area contributed by atoms with Crippen LogP contribution in [-0.2, 0) is 6.61 Å². The Kier molecular flexibility index (Phi) is 1.60. The van der Waals surface area contributed by atoms with Crippen molar-refractivity contribution in [1.82, 2.24) is 4.98 Å². The predicted octanol–water partition coefficient (Wildman–Crippen LogP) is -0.793. The van der Waals surface area contributed by atoms with Crippen LogP contribution in [0.5, 0.6) is 0 Å². The normalized spacial score (nSPS) is 9.44. The van der Waals surface area contributed by atoms with Crippen molar-refractivity contribution in [2.45, 2.75) is 6.61 Å². The molecule has 1 aromatic heterocycles. The van der Waals surface area contributed by atoms with Crippen LogP contribution in [-0.4, -0.2) is 10.1 Å². The van der Waals surface area contributed by atoms with Gasteiger partial charge in [-0.3, -0.25) is 0 Å². The van der Waals surface area contributed by atoms with Crippen molar-refractivity contribution in [2.24, 2.45) is 0 Å². The average molecular weight is 126 g/mol. The second kappa shape index (κ2) is 2.41. The van der Waals surface area contributed by atoms with Crippen molar-refractivity contribution >= 4 is 0 Å².